The minimum absolute atomic E-state index is 0.0215. The number of aryl methyl sites for hydroxylation is 1. The molecule has 1 aromatic heterocycles. The number of halogens is 1. The highest BCUT2D eigenvalue weighted by Crippen LogP contribution is 2.35. The molecule has 0 N–H and O–H groups in total. The molecule has 0 radical (unpaired) electrons. The van der Waals surface area contributed by atoms with E-state index < -0.39 is 0 Å². The average Bonchev–Trinajstić information content (AvgIpc) is 3.08. The fourth-order valence-corrected chi connectivity index (χ4v) is 3.74. The molecule has 25 heavy (non-hydrogen) atoms. The third-order valence-corrected chi connectivity index (χ3v) is 5.03. The third kappa shape index (κ3) is 3.12. The van der Waals surface area contributed by atoms with Gasteiger partial charge in [-0.2, -0.15) is 0 Å². The fraction of sp³-hybridized carbons (Fsp3) is 0.136. The Morgan fingerprint density at radius 1 is 0.920 bits per heavy atom. The highest BCUT2D eigenvalue weighted by molar-refractivity contribution is 9.10. The van der Waals surface area contributed by atoms with Crippen molar-refractivity contribution in [2.75, 3.05) is 0 Å². The van der Waals surface area contributed by atoms with Crippen molar-refractivity contribution in [1.82, 2.24) is 4.98 Å². The molecule has 3 aromatic carbocycles. The van der Waals surface area contributed by atoms with Crippen molar-refractivity contribution < 1.29 is 4.42 Å². The molecule has 0 saturated heterocycles. The van der Waals surface area contributed by atoms with Crippen LogP contribution >= 0.6 is 15.9 Å². The van der Waals surface area contributed by atoms with E-state index in [9.17, 15) is 0 Å². The summed E-state index contributed by atoms with van der Waals surface area (Å²) in [6.07, 6.45) is 0.970. The van der Waals surface area contributed by atoms with Gasteiger partial charge in [0.25, 0.3) is 0 Å². The Balaban J connectivity index is 1.91. The van der Waals surface area contributed by atoms with E-state index in [0.717, 1.165) is 27.9 Å². The lowest BCUT2D eigenvalue weighted by molar-refractivity contribution is 0.521. The summed E-state index contributed by atoms with van der Waals surface area (Å²) in [5, 5.41) is 0. The molecule has 2 nitrogen and oxygen atoms in total. The number of nitrogens with zero attached hydrogens (tertiary/aromatic N) is 1. The molecule has 0 aliphatic heterocycles. The van der Waals surface area contributed by atoms with Gasteiger partial charge in [0.05, 0.1) is 10.4 Å². The molecule has 0 spiro atoms. The van der Waals surface area contributed by atoms with Crippen LogP contribution < -0.4 is 0 Å². The largest absolute Gasteiger partial charge is 0.438 e. The first-order chi connectivity index (χ1) is 12.3. The summed E-state index contributed by atoms with van der Waals surface area (Å²) >= 11 is 3.63. The Morgan fingerprint density at radius 2 is 1.52 bits per heavy atom. The smallest absolute Gasteiger partial charge is 0.207 e. The second kappa shape index (κ2) is 6.85. The van der Waals surface area contributed by atoms with Gasteiger partial charge in [0.1, 0.15) is 5.52 Å². The van der Waals surface area contributed by atoms with Crippen LogP contribution in [0.25, 0.3) is 11.1 Å². The molecular weight excluding hydrogens is 374 g/mol. The SMILES string of the molecule is CCc1cc(Br)c2oc(C(c3ccccc3)c3ccccc3)nc2c1. The van der Waals surface area contributed by atoms with Crippen LogP contribution in [0, 0.1) is 0 Å². The molecular formula is C22H18BrNO. The number of hydrogen-bond acceptors (Lipinski definition) is 2. The van der Waals surface area contributed by atoms with Crippen molar-refractivity contribution in [1.29, 1.82) is 0 Å². The zero-order valence-corrected chi connectivity index (χ0v) is 15.5. The number of oxazole rings is 1. The van der Waals surface area contributed by atoms with E-state index >= 15 is 0 Å². The van der Waals surface area contributed by atoms with Crippen molar-refractivity contribution >= 4 is 27.0 Å². The quantitative estimate of drug-likeness (QED) is 0.405. The molecule has 0 bridgehead atoms. The molecule has 4 rings (SSSR count). The normalized spacial score (nSPS) is 11.3. The van der Waals surface area contributed by atoms with Gasteiger partial charge in [-0.3, -0.25) is 0 Å². The zero-order valence-electron chi connectivity index (χ0n) is 13.9. The monoisotopic (exact) mass is 391 g/mol. The van der Waals surface area contributed by atoms with E-state index in [1.165, 1.54) is 16.7 Å². The van der Waals surface area contributed by atoms with Gasteiger partial charge in [0, 0.05) is 0 Å². The van der Waals surface area contributed by atoms with Gasteiger partial charge in [0.15, 0.2) is 5.58 Å². The number of hydrogen-bond donors (Lipinski definition) is 0. The number of aromatic nitrogens is 1. The summed E-state index contributed by atoms with van der Waals surface area (Å²) in [5.41, 5.74) is 5.30. The maximum Gasteiger partial charge on any atom is 0.207 e. The fourth-order valence-electron chi connectivity index (χ4n) is 3.16. The van der Waals surface area contributed by atoms with Crippen LogP contribution in [0.2, 0.25) is 0 Å². The Morgan fingerprint density at radius 3 is 2.08 bits per heavy atom. The lowest BCUT2D eigenvalue weighted by atomic mass is 9.91. The van der Waals surface area contributed by atoms with Crippen molar-refractivity contribution in [2.24, 2.45) is 0 Å². The first kappa shape index (κ1) is 16.1. The van der Waals surface area contributed by atoms with E-state index in [2.05, 4.69) is 83.5 Å². The first-order valence-corrected chi connectivity index (χ1v) is 9.24. The van der Waals surface area contributed by atoms with Gasteiger partial charge < -0.3 is 4.42 Å². The molecule has 0 aliphatic carbocycles. The van der Waals surface area contributed by atoms with Crippen molar-refractivity contribution in [3.05, 3.63) is 99.9 Å². The highest BCUT2D eigenvalue weighted by atomic mass is 79.9. The van der Waals surface area contributed by atoms with Crippen molar-refractivity contribution in [2.45, 2.75) is 19.3 Å². The maximum atomic E-state index is 6.21. The van der Waals surface area contributed by atoms with E-state index in [4.69, 9.17) is 9.40 Å². The van der Waals surface area contributed by atoms with Crippen LogP contribution in [-0.4, -0.2) is 4.98 Å². The molecule has 3 heteroatoms. The molecule has 0 unspecified atom stereocenters. The minimum Gasteiger partial charge on any atom is -0.438 e. The summed E-state index contributed by atoms with van der Waals surface area (Å²) in [4.78, 5) is 4.84. The van der Waals surface area contributed by atoms with Gasteiger partial charge in [0.2, 0.25) is 5.89 Å². The Bertz CT molecular complexity index is 953. The summed E-state index contributed by atoms with van der Waals surface area (Å²) in [7, 11) is 0. The second-order valence-electron chi connectivity index (χ2n) is 6.09. The number of fused-ring (bicyclic) bond motifs is 1. The van der Waals surface area contributed by atoms with Crippen molar-refractivity contribution in [3.63, 3.8) is 0 Å². The predicted octanol–water partition coefficient (Wildman–Crippen LogP) is 6.33. The minimum atomic E-state index is -0.0215. The van der Waals surface area contributed by atoms with Crippen LogP contribution in [0.4, 0.5) is 0 Å². The summed E-state index contributed by atoms with van der Waals surface area (Å²) in [5.74, 6) is 0.702. The lowest BCUT2D eigenvalue weighted by Crippen LogP contribution is -2.03. The molecule has 0 saturated carbocycles. The van der Waals surface area contributed by atoms with Crippen molar-refractivity contribution in [3.8, 4) is 0 Å². The predicted molar refractivity (Wildman–Crippen MR) is 105 cm³/mol. The van der Waals surface area contributed by atoms with Crippen LogP contribution in [0.5, 0.6) is 0 Å². The van der Waals surface area contributed by atoms with E-state index in [-0.39, 0.29) is 5.92 Å². The molecule has 4 aromatic rings. The molecule has 0 aliphatic rings. The summed E-state index contributed by atoms with van der Waals surface area (Å²) in [6.45, 7) is 2.14. The van der Waals surface area contributed by atoms with Gasteiger partial charge in [-0.05, 0) is 51.2 Å². The molecule has 124 valence electrons. The lowest BCUT2D eigenvalue weighted by Gasteiger charge is -2.14. The number of benzene rings is 3. The first-order valence-electron chi connectivity index (χ1n) is 8.45. The van der Waals surface area contributed by atoms with Gasteiger partial charge in [-0.15, -0.1) is 0 Å². The molecule has 0 atom stereocenters. The second-order valence-corrected chi connectivity index (χ2v) is 6.94. The zero-order chi connectivity index (χ0) is 17.2. The Labute approximate surface area is 155 Å². The van der Waals surface area contributed by atoms with Gasteiger partial charge >= 0.3 is 0 Å². The van der Waals surface area contributed by atoms with E-state index in [1.807, 2.05) is 12.1 Å². The van der Waals surface area contributed by atoms with E-state index in [0.29, 0.717) is 0 Å². The Hall–Kier alpha value is -2.39. The standard InChI is InChI=1S/C22H18BrNO/c1-2-15-13-18(23)21-19(14-15)24-22(25-21)20(16-9-5-3-6-10-16)17-11-7-4-8-12-17/h3-14,20H,2H2,1H3. The van der Waals surface area contributed by atoms with Gasteiger partial charge in [-0.25, -0.2) is 4.98 Å². The average molecular weight is 392 g/mol. The maximum absolute atomic E-state index is 6.21. The Kier molecular flexibility index (Phi) is 4.41. The molecule has 0 fully saturated rings. The summed E-state index contributed by atoms with van der Waals surface area (Å²) < 4.78 is 7.17. The van der Waals surface area contributed by atoms with E-state index in [1.54, 1.807) is 0 Å². The van der Waals surface area contributed by atoms with Crippen LogP contribution in [0.1, 0.15) is 35.4 Å². The van der Waals surface area contributed by atoms with Crippen LogP contribution in [-0.2, 0) is 6.42 Å². The number of rotatable bonds is 4. The van der Waals surface area contributed by atoms with Gasteiger partial charge in [-0.1, -0.05) is 67.6 Å². The summed E-state index contributed by atoms with van der Waals surface area (Å²) in [6, 6.07) is 25.0. The third-order valence-electron chi connectivity index (χ3n) is 4.44. The molecule has 1 heterocycles. The topological polar surface area (TPSA) is 26.0 Å². The van der Waals surface area contributed by atoms with Crippen LogP contribution in [0.15, 0.2) is 81.7 Å². The van der Waals surface area contributed by atoms with Crippen LogP contribution in [0.3, 0.4) is 0 Å². The highest BCUT2D eigenvalue weighted by Gasteiger charge is 2.23. The molecule has 0 amide bonds.